The van der Waals surface area contributed by atoms with Crippen molar-refractivity contribution in [1.29, 1.82) is 0 Å². The monoisotopic (exact) mass is 383 g/mol. The number of nitrogens with zero attached hydrogens (tertiary/aromatic N) is 1. The zero-order chi connectivity index (χ0) is 18.6. The Hall–Kier alpha value is -2.22. The molecule has 2 N–H and O–H groups in total. The van der Waals surface area contributed by atoms with Gasteiger partial charge in [-0.2, -0.15) is 0 Å². The second kappa shape index (κ2) is 7.99. The maximum Gasteiger partial charge on any atom is 0.573 e. The summed E-state index contributed by atoms with van der Waals surface area (Å²) in [4.78, 5) is 5.47. The van der Waals surface area contributed by atoms with E-state index in [0.29, 0.717) is 11.5 Å². The fraction of sp³-hybridized carbons (Fsp3) is 0.389. The predicted octanol–water partition coefficient (Wildman–Crippen LogP) is 3.91. The molecule has 1 saturated carbocycles. The third-order valence-corrected chi connectivity index (χ3v) is 5.06. The van der Waals surface area contributed by atoms with Gasteiger partial charge in [0.05, 0.1) is 0 Å². The Balaban J connectivity index is 1.53. The fourth-order valence-electron chi connectivity index (χ4n) is 2.83. The maximum atomic E-state index is 12.6. The van der Waals surface area contributed by atoms with Crippen LogP contribution < -0.4 is 15.4 Å². The van der Waals surface area contributed by atoms with Gasteiger partial charge < -0.3 is 15.4 Å². The van der Waals surface area contributed by atoms with Gasteiger partial charge in [-0.15, -0.1) is 24.5 Å². The van der Waals surface area contributed by atoms with E-state index < -0.39 is 6.36 Å². The van der Waals surface area contributed by atoms with Gasteiger partial charge in [0.2, 0.25) is 0 Å². The van der Waals surface area contributed by atoms with Gasteiger partial charge in [-0.25, -0.2) is 0 Å². The average molecular weight is 383 g/mol. The van der Waals surface area contributed by atoms with Crippen LogP contribution in [0.4, 0.5) is 13.2 Å². The molecule has 1 aliphatic rings. The molecule has 0 amide bonds. The van der Waals surface area contributed by atoms with Gasteiger partial charge in [0, 0.05) is 30.4 Å². The van der Waals surface area contributed by atoms with E-state index in [2.05, 4.69) is 26.4 Å². The zero-order valence-corrected chi connectivity index (χ0v) is 15.0. The van der Waals surface area contributed by atoms with Crippen LogP contribution in [0.5, 0.6) is 5.75 Å². The Bertz CT molecular complexity index is 746. The number of thiophene rings is 1. The highest BCUT2D eigenvalue weighted by Crippen LogP contribution is 2.45. The first-order chi connectivity index (χ1) is 12.5. The van der Waals surface area contributed by atoms with Gasteiger partial charge in [0.1, 0.15) is 5.75 Å². The number of halogens is 3. The van der Waals surface area contributed by atoms with E-state index in [1.807, 2.05) is 11.4 Å². The van der Waals surface area contributed by atoms with E-state index in [4.69, 9.17) is 0 Å². The highest BCUT2D eigenvalue weighted by atomic mass is 32.1. The Kier molecular flexibility index (Phi) is 5.70. The van der Waals surface area contributed by atoms with Gasteiger partial charge in [-0.3, -0.25) is 4.99 Å². The molecule has 0 radical (unpaired) electrons. The average Bonchev–Trinajstić information content (AvgIpc) is 3.14. The quantitative estimate of drug-likeness (QED) is 0.587. The molecule has 0 spiro atoms. The number of guanidine groups is 1. The van der Waals surface area contributed by atoms with E-state index >= 15 is 0 Å². The van der Waals surface area contributed by atoms with E-state index in [1.54, 1.807) is 36.6 Å². The molecule has 26 heavy (non-hydrogen) atoms. The molecule has 3 rings (SSSR count). The van der Waals surface area contributed by atoms with Crippen LogP contribution in [-0.2, 0) is 6.42 Å². The SMILES string of the molecule is CN=C(NCCc1cccs1)NC1CC1c1ccccc1OC(F)(F)F. The second-order valence-electron chi connectivity index (χ2n) is 6.01. The lowest BCUT2D eigenvalue weighted by Gasteiger charge is -2.14. The Morgan fingerprint density at radius 3 is 2.77 bits per heavy atom. The maximum absolute atomic E-state index is 12.6. The topological polar surface area (TPSA) is 45.7 Å². The molecule has 0 bridgehead atoms. The Morgan fingerprint density at radius 1 is 1.27 bits per heavy atom. The Morgan fingerprint density at radius 2 is 2.08 bits per heavy atom. The molecule has 0 saturated heterocycles. The lowest BCUT2D eigenvalue weighted by Crippen LogP contribution is -2.39. The van der Waals surface area contributed by atoms with Gasteiger partial charge in [0.15, 0.2) is 5.96 Å². The summed E-state index contributed by atoms with van der Waals surface area (Å²) in [5, 5.41) is 8.54. The molecule has 4 nitrogen and oxygen atoms in total. The molecule has 0 aliphatic heterocycles. The van der Waals surface area contributed by atoms with Crippen molar-refractivity contribution in [2.45, 2.75) is 31.2 Å². The molecular formula is C18H20F3N3OS. The van der Waals surface area contributed by atoms with Gasteiger partial charge in [0.25, 0.3) is 0 Å². The highest BCUT2D eigenvalue weighted by Gasteiger charge is 2.42. The first-order valence-electron chi connectivity index (χ1n) is 8.30. The molecule has 2 unspecified atom stereocenters. The summed E-state index contributed by atoms with van der Waals surface area (Å²) in [5.41, 5.74) is 0.566. The largest absolute Gasteiger partial charge is 0.573 e. The summed E-state index contributed by atoms with van der Waals surface area (Å²) in [6.45, 7) is 0.741. The molecule has 1 aromatic carbocycles. The number of hydrogen-bond acceptors (Lipinski definition) is 3. The third kappa shape index (κ3) is 5.14. The predicted molar refractivity (Wildman–Crippen MR) is 96.8 cm³/mol. The molecule has 1 aromatic heterocycles. The number of alkyl halides is 3. The summed E-state index contributed by atoms with van der Waals surface area (Å²) in [6.07, 6.45) is -3.05. The number of benzene rings is 1. The molecule has 1 fully saturated rings. The molecule has 2 aromatic rings. The van der Waals surface area contributed by atoms with Crippen LogP contribution in [0, 0.1) is 0 Å². The molecule has 1 aliphatic carbocycles. The van der Waals surface area contributed by atoms with E-state index in [1.165, 1.54) is 10.9 Å². The number of ether oxygens (including phenoxy) is 1. The van der Waals surface area contributed by atoms with Crippen molar-refractivity contribution in [3.63, 3.8) is 0 Å². The zero-order valence-electron chi connectivity index (χ0n) is 14.2. The summed E-state index contributed by atoms with van der Waals surface area (Å²) >= 11 is 1.71. The van der Waals surface area contributed by atoms with Crippen LogP contribution in [-0.4, -0.2) is 32.0 Å². The van der Waals surface area contributed by atoms with Crippen molar-refractivity contribution >= 4 is 17.3 Å². The lowest BCUT2D eigenvalue weighted by molar-refractivity contribution is -0.274. The van der Waals surface area contributed by atoms with Crippen molar-refractivity contribution in [3.05, 3.63) is 52.2 Å². The van der Waals surface area contributed by atoms with E-state index in [9.17, 15) is 13.2 Å². The van der Waals surface area contributed by atoms with Crippen molar-refractivity contribution in [2.75, 3.05) is 13.6 Å². The van der Waals surface area contributed by atoms with Crippen LogP contribution in [0.1, 0.15) is 22.8 Å². The van der Waals surface area contributed by atoms with Crippen molar-refractivity contribution in [3.8, 4) is 5.75 Å². The normalized spacial score (nSPS) is 19.9. The summed E-state index contributed by atoms with van der Waals surface area (Å²) in [6, 6.07) is 10.4. The van der Waals surface area contributed by atoms with Gasteiger partial charge in [-0.05, 0) is 35.9 Å². The van der Waals surface area contributed by atoms with Crippen LogP contribution in [0.3, 0.4) is 0 Å². The van der Waals surface area contributed by atoms with Crippen LogP contribution in [0.2, 0.25) is 0 Å². The third-order valence-electron chi connectivity index (χ3n) is 4.12. The fourth-order valence-corrected chi connectivity index (χ4v) is 3.54. The molecule has 8 heteroatoms. The first kappa shape index (κ1) is 18.6. The summed E-state index contributed by atoms with van der Waals surface area (Å²) in [7, 11) is 1.68. The standard InChI is InChI=1S/C18H20F3N3OS/c1-22-17(23-9-8-12-5-4-10-26-12)24-15-11-14(15)13-6-2-3-7-16(13)25-18(19,20)21/h2-7,10,14-15H,8-9,11H2,1H3,(H2,22,23,24). The van der Waals surface area contributed by atoms with Crippen molar-refractivity contribution in [2.24, 2.45) is 4.99 Å². The Labute approximate surface area is 154 Å². The summed E-state index contributed by atoms with van der Waals surface area (Å²) in [5.74, 6) is 0.502. The van der Waals surface area contributed by atoms with E-state index in [-0.39, 0.29) is 17.7 Å². The van der Waals surface area contributed by atoms with Crippen LogP contribution in [0.15, 0.2) is 46.8 Å². The molecule has 1 heterocycles. The molecule has 2 atom stereocenters. The van der Waals surface area contributed by atoms with Crippen molar-refractivity contribution < 1.29 is 17.9 Å². The molecule has 140 valence electrons. The minimum atomic E-state index is -4.69. The number of para-hydroxylation sites is 1. The first-order valence-corrected chi connectivity index (χ1v) is 9.18. The second-order valence-corrected chi connectivity index (χ2v) is 7.04. The van der Waals surface area contributed by atoms with Crippen LogP contribution in [0.25, 0.3) is 0 Å². The van der Waals surface area contributed by atoms with E-state index in [0.717, 1.165) is 19.4 Å². The number of aliphatic imine (C=N–C) groups is 1. The number of nitrogens with one attached hydrogen (secondary N) is 2. The summed E-state index contributed by atoms with van der Waals surface area (Å²) < 4.78 is 41.8. The minimum Gasteiger partial charge on any atom is -0.405 e. The van der Waals surface area contributed by atoms with Gasteiger partial charge >= 0.3 is 6.36 Å². The highest BCUT2D eigenvalue weighted by molar-refractivity contribution is 7.09. The van der Waals surface area contributed by atoms with Crippen molar-refractivity contribution in [1.82, 2.24) is 10.6 Å². The minimum absolute atomic E-state index is 0.0237. The number of rotatable bonds is 6. The lowest BCUT2D eigenvalue weighted by atomic mass is 10.1. The van der Waals surface area contributed by atoms with Crippen LogP contribution >= 0.6 is 11.3 Å². The number of hydrogen-bond donors (Lipinski definition) is 2. The van der Waals surface area contributed by atoms with Gasteiger partial charge in [-0.1, -0.05) is 24.3 Å². The smallest absolute Gasteiger partial charge is 0.405 e. The molecular weight excluding hydrogens is 363 g/mol.